The number of aromatic nitrogens is 2. The number of rotatable bonds is 5. The summed E-state index contributed by atoms with van der Waals surface area (Å²) < 4.78 is 7.95. The van der Waals surface area contributed by atoms with Gasteiger partial charge in [0.15, 0.2) is 0 Å². The molecule has 0 aliphatic rings. The Balaban J connectivity index is 1.92. The summed E-state index contributed by atoms with van der Waals surface area (Å²) in [4.78, 5) is 4.63. The van der Waals surface area contributed by atoms with Gasteiger partial charge in [-0.05, 0) is 50.6 Å². The standard InChI is InChI=1S/C19H21ClN2O2/c1-12-4-7-18(13(2)8-12)24-11-19-21-16-9-15(20)5-6-17(16)22(19)10-14(3)23/h4-9,14,23H,10-11H2,1-3H3. The highest BCUT2D eigenvalue weighted by molar-refractivity contribution is 6.31. The summed E-state index contributed by atoms with van der Waals surface area (Å²) in [6.45, 7) is 6.65. The van der Waals surface area contributed by atoms with Crippen LogP contribution in [0.25, 0.3) is 11.0 Å². The third-order valence-electron chi connectivity index (χ3n) is 3.92. The number of fused-ring (bicyclic) bond motifs is 1. The third-order valence-corrected chi connectivity index (χ3v) is 4.16. The summed E-state index contributed by atoms with van der Waals surface area (Å²) >= 11 is 6.06. The second kappa shape index (κ2) is 6.83. The topological polar surface area (TPSA) is 47.3 Å². The van der Waals surface area contributed by atoms with E-state index in [2.05, 4.69) is 18.0 Å². The molecule has 1 N–H and O–H groups in total. The van der Waals surface area contributed by atoms with Crippen LogP contribution in [0.5, 0.6) is 5.75 Å². The summed E-state index contributed by atoms with van der Waals surface area (Å²) in [5.74, 6) is 1.61. The Bertz CT molecular complexity index is 871. The van der Waals surface area contributed by atoms with E-state index in [0.29, 0.717) is 18.2 Å². The lowest BCUT2D eigenvalue weighted by molar-refractivity contribution is 0.171. The molecule has 1 unspecified atom stereocenters. The van der Waals surface area contributed by atoms with Crippen molar-refractivity contribution in [3.05, 3.63) is 58.4 Å². The van der Waals surface area contributed by atoms with Crippen LogP contribution < -0.4 is 4.74 Å². The average Bonchev–Trinajstić information content (AvgIpc) is 2.82. The molecular formula is C19H21ClN2O2. The number of aliphatic hydroxyl groups excluding tert-OH is 1. The third kappa shape index (κ3) is 3.55. The Hall–Kier alpha value is -2.04. The molecule has 1 atom stereocenters. The maximum Gasteiger partial charge on any atom is 0.148 e. The number of aliphatic hydroxyl groups is 1. The van der Waals surface area contributed by atoms with Gasteiger partial charge in [0.1, 0.15) is 18.2 Å². The van der Waals surface area contributed by atoms with E-state index >= 15 is 0 Å². The molecule has 2 aromatic carbocycles. The van der Waals surface area contributed by atoms with Gasteiger partial charge in [-0.15, -0.1) is 0 Å². The summed E-state index contributed by atoms with van der Waals surface area (Å²) in [6, 6.07) is 11.7. The molecule has 5 heteroatoms. The maximum atomic E-state index is 9.81. The van der Waals surface area contributed by atoms with Crippen molar-refractivity contribution in [2.75, 3.05) is 0 Å². The van der Waals surface area contributed by atoms with Gasteiger partial charge < -0.3 is 14.4 Å². The van der Waals surface area contributed by atoms with Crippen molar-refractivity contribution in [2.45, 2.75) is 40.0 Å². The van der Waals surface area contributed by atoms with E-state index in [1.807, 2.05) is 41.8 Å². The highest BCUT2D eigenvalue weighted by Gasteiger charge is 2.14. The molecule has 1 heterocycles. The molecule has 0 saturated heterocycles. The van der Waals surface area contributed by atoms with Crippen LogP contribution in [-0.4, -0.2) is 20.8 Å². The molecule has 0 aliphatic heterocycles. The van der Waals surface area contributed by atoms with Crippen molar-refractivity contribution >= 4 is 22.6 Å². The zero-order chi connectivity index (χ0) is 17.3. The number of halogens is 1. The number of benzene rings is 2. The van der Waals surface area contributed by atoms with Gasteiger partial charge in [0, 0.05) is 5.02 Å². The molecule has 0 aliphatic carbocycles. The van der Waals surface area contributed by atoms with Crippen LogP contribution in [-0.2, 0) is 13.2 Å². The predicted molar refractivity (Wildman–Crippen MR) is 96.7 cm³/mol. The maximum absolute atomic E-state index is 9.81. The van der Waals surface area contributed by atoms with E-state index < -0.39 is 6.10 Å². The van der Waals surface area contributed by atoms with Gasteiger partial charge in [0.05, 0.1) is 23.7 Å². The summed E-state index contributed by atoms with van der Waals surface area (Å²) in [6.07, 6.45) is -0.474. The largest absolute Gasteiger partial charge is 0.485 e. The molecule has 0 saturated carbocycles. The SMILES string of the molecule is Cc1ccc(OCc2nc3cc(Cl)ccc3n2CC(C)O)c(C)c1. The zero-order valence-electron chi connectivity index (χ0n) is 14.1. The van der Waals surface area contributed by atoms with Crippen LogP contribution >= 0.6 is 11.6 Å². The van der Waals surface area contributed by atoms with Crippen LogP contribution in [0.15, 0.2) is 36.4 Å². The minimum atomic E-state index is -0.474. The fourth-order valence-corrected chi connectivity index (χ4v) is 3.00. The summed E-state index contributed by atoms with van der Waals surface area (Å²) in [5, 5.41) is 10.5. The lowest BCUT2D eigenvalue weighted by Crippen LogP contribution is -2.15. The predicted octanol–water partition coefficient (Wildman–Crippen LogP) is 4.27. The van der Waals surface area contributed by atoms with E-state index in [1.54, 1.807) is 6.92 Å². The van der Waals surface area contributed by atoms with Crippen molar-refractivity contribution < 1.29 is 9.84 Å². The van der Waals surface area contributed by atoms with Gasteiger partial charge in [-0.3, -0.25) is 0 Å². The molecule has 0 amide bonds. The van der Waals surface area contributed by atoms with Gasteiger partial charge in [-0.1, -0.05) is 29.3 Å². The van der Waals surface area contributed by atoms with Crippen LogP contribution in [0, 0.1) is 13.8 Å². The van der Waals surface area contributed by atoms with Gasteiger partial charge in [0.25, 0.3) is 0 Å². The van der Waals surface area contributed by atoms with Crippen molar-refractivity contribution in [3.63, 3.8) is 0 Å². The molecule has 0 fully saturated rings. The normalized spacial score (nSPS) is 12.5. The number of hydrogen-bond acceptors (Lipinski definition) is 3. The minimum absolute atomic E-state index is 0.336. The fraction of sp³-hybridized carbons (Fsp3) is 0.316. The second-order valence-corrected chi connectivity index (χ2v) is 6.61. The Morgan fingerprint density at radius 3 is 2.71 bits per heavy atom. The van der Waals surface area contributed by atoms with Crippen molar-refractivity contribution in [3.8, 4) is 5.75 Å². The first kappa shape index (κ1) is 16.8. The average molecular weight is 345 g/mol. The van der Waals surface area contributed by atoms with Crippen LogP contribution in [0.2, 0.25) is 5.02 Å². The molecule has 4 nitrogen and oxygen atoms in total. The molecule has 24 heavy (non-hydrogen) atoms. The van der Waals surface area contributed by atoms with Gasteiger partial charge in [0.2, 0.25) is 0 Å². The number of ether oxygens (including phenoxy) is 1. The molecule has 0 radical (unpaired) electrons. The highest BCUT2D eigenvalue weighted by Crippen LogP contribution is 2.24. The first-order chi connectivity index (χ1) is 11.4. The van der Waals surface area contributed by atoms with Crippen molar-refractivity contribution in [2.24, 2.45) is 0 Å². The number of nitrogens with zero attached hydrogens (tertiary/aromatic N) is 2. The van der Waals surface area contributed by atoms with Crippen LogP contribution in [0.3, 0.4) is 0 Å². The Kier molecular flexibility index (Phi) is 4.78. The lowest BCUT2D eigenvalue weighted by atomic mass is 10.1. The Morgan fingerprint density at radius 2 is 2.00 bits per heavy atom. The number of hydrogen-bond donors (Lipinski definition) is 1. The van der Waals surface area contributed by atoms with Gasteiger partial charge >= 0.3 is 0 Å². The second-order valence-electron chi connectivity index (χ2n) is 6.18. The summed E-state index contributed by atoms with van der Waals surface area (Å²) in [7, 11) is 0. The Morgan fingerprint density at radius 1 is 1.21 bits per heavy atom. The van der Waals surface area contributed by atoms with E-state index in [-0.39, 0.29) is 0 Å². The Labute approximate surface area is 146 Å². The molecule has 126 valence electrons. The van der Waals surface area contributed by atoms with Crippen molar-refractivity contribution in [1.29, 1.82) is 0 Å². The number of imidazole rings is 1. The van der Waals surface area contributed by atoms with E-state index in [1.165, 1.54) is 5.56 Å². The van der Waals surface area contributed by atoms with Gasteiger partial charge in [-0.25, -0.2) is 4.98 Å². The minimum Gasteiger partial charge on any atom is -0.485 e. The zero-order valence-corrected chi connectivity index (χ0v) is 14.8. The highest BCUT2D eigenvalue weighted by atomic mass is 35.5. The van der Waals surface area contributed by atoms with E-state index in [4.69, 9.17) is 16.3 Å². The monoisotopic (exact) mass is 344 g/mol. The number of aryl methyl sites for hydroxylation is 2. The van der Waals surface area contributed by atoms with Crippen molar-refractivity contribution in [1.82, 2.24) is 9.55 Å². The quantitative estimate of drug-likeness (QED) is 0.752. The van der Waals surface area contributed by atoms with Crippen LogP contribution in [0.4, 0.5) is 0 Å². The molecule has 0 spiro atoms. The molecule has 1 aromatic heterocycles. The van der Waals surface area contributed by atoms with Crippen LogP contribution in [0.1, 0.15) is 23.9 Å². The smallest absolute Gasteiger partial charge is 0.148 e. The fourth-order valence-electron chi connectivity index (χ4n) is 2.83. The molecule has 0 bridgehead atoms. The van der Waals surface area contributed by atoms with E-state index in [0.717, 1.165) is 28.2 Å². The first-order valence-electron chi connectivity index (χ1n) is 7.97. The lowest BCUT2D eigenvalue weighted by Gasteiger charge is -2.13. The van der Waals surface area contributed by atoms with E-state index in [9.17, 15) is 5.11 Å². The molecular weight excluding hydrogens is 324 g/mol. The first-order valence-corrected chi connectivity index (χ1v) is 8.34. The molecule has 3 rings (SSSR count). The molecule has 3 aromatic rings. The van der Waals surface area contributed by atoms with Gasteiger partial charge in [-0.2, -0.15) is 0 Å². The summed E-state index contributed by atoms with van der Waals surface area (Å²) in [5.41, 5.74) is 4.05.